The van der Waals surface area contributed by atoms with Gasteiger partial charge in [0.2, 0.25) is 8.87 Å². The normalized spacial score (nSPS) is 16.4. The van der Waals surface area contributed by atoms with Gasteiger partial charge in [-0.1, -0.05) is 0 Å². The van der Waals surface area contributed by atoms with Gasteiger partial charge in [0, 0.05) is 0 Å². The van der Waals surface area contributed by atoms with E-state index in [0.717, 1.165) is 0 Å². The van der Waals surface area contributed by atoms with Crippen molar-refractivity contribution < 1.29 is 8.42 Å². The van der Waals surface area contributed by atoms with E-state index in [9.17, 15) is 8.42 Å². The van der Waals surface area contributed by atoms with Crippen LogP contribution in [0.3, 0.4) is 0 Å². The van der Waals surface area contributed by atoms with E-state index in [-0.39, 0.29) is 0 Å². The van der Waals surface area contributed by atoms with Crippen molar-refractivity contribution in [2.75, 3.05) is 0 Å². The van der Waals surface area contributed by atoms with Crippen LogP contribution >= 0.6 is 11.7 Å². The summed E-state index contributed by atoms with van der Waals surface area (Å²) in [6.07, 6.45) is 0. The molecule has 2 N–H and O–H groups in total. The van der Waals surface area contributed by atoms with E-state index in [0.29, 0.717) is 0 Å². The van der Waals surface area contributed by atoms with Gasteiger partial charge in [-0.15, -0.1) is 0 Å². The molecule has 0 bridgehead atoms. The van der Waals surface area contributed by atoms with Crippen molar-refractivity contribution in [2.24, 2.45) is 5.73 Å². The summed E-state index contributed by atoms with van der Waals surface area (Å²) in [5, 5.41) is -0.865. The molecular formula is C2H7NO2S2. The van der Waals surface area contributed by atoms with Crippen LogP contribution in [0.2, 0.25) is 0 Å². The molecule has 0 fully saturated rings. The predicted molar refractivity (Wildman–Crippen MR) is 31.6 cm³/mol. The van der Waals surface area contributed by atoms with E-state index in [1.807, 2.05) is 0 Å². The van der Waals surface area contributed by atoms with Crippen molar-refractivity contribution in [3.05, 3.63) is 0 Å². The predicted octanol–water partition coefficient (Wildman–Crippen LogP) is -0.449. The third kappa shape index (κ3) is 2.90. The average Bonchev–Trinajstić information content (AvgIpc) is 1.31. The van der Waals surface area contributed by atoms with Gasteiger partial charge in [-0.25, -0.2) is 8.42 Å². The number of hydrogen-bond acceptors (Lipinski definition) is 3. The molecule has 7 heavy (non-hydrogen) atoms. The van der Waals surface area contributed by atoms with Crippen LogP contribution < -0.4 is 5.73 Å². The van der Waals surface area contributed by atoms with Gasteiger partial charge in [0.25, 0.3) is 0 Å². The van der Waals surface area contributed by atoms with Crippen LogP contribution in [0, 0.1) is 0 Å². The third-order valence-corrected chi connectivity index (χ3v) is 2.41. The molecule has 0 aliphatic rings. The van der Waals surface area contributed by atoms with Gasteiger partial charge in [0.1, 0.15) is 5.37 Å². The molecule has 0 aliphatic carbocycles. The van der Waals surface area contributed by atoms with E-state index in [2.05, 4.69) is 11.7 Å². The molecule has 1 unspecified atom stereocenters. The Labute approximate surface area is 47.6 Å². The Bertz CT molecular complexity index is 136. The zero-order chi connectivity index (χ0) is 6.08. The van der Waals surface area contributed by atoms with Crippen molar-refractivity contribution in [2.45, 2.75) is 12.3 Å². The number of hydrogen-bond donors (Lipinski definition) is 2. The molecule has 0 aromatic rings. The molecule has 3 nitrogen and oxygen atoms in total. The second kappa shape index (κ2) is 2.02. The van der Waals surface area contributed by atoms with Crippen LogP contribution in [-0.2, 0) is 8.87 Å². The summed E-state index contributed by atoms with van der Waals surface area (Å²) in [6.45, 7) is 1.36. The lowest BCUT2D eigenvalue weighted by molar-refractivity contribution is 0.601. The van der Waals surface area contributed by atoms with Crippen LogP contribution in [0.25, 0.3) is 0 Å². The minimum absolute atomic E-state index is 0.865. The molecule has 1 atom stereocenters. The highest BCUT2D eigenvalue weighted by atomic mass is 33.1. The van der Waals surface area contributed by atoms with Crippen LogP contribution in [0.5, 0.6) is 0 Å². The van der Waals surface area contributed by atoms with Gasteiger partial charge in [-0.05, 0) is 18.6 Å². The van der Waals surface area contributed by atoms with Crippen LogP contribution in [0.4, 0.5) is 0 Å². The highest BCUT2D eigenvalue weighted by Crippen LogP contribution is 1.97. The van der Waals surface area contributed by atoms with Crippen molar-refractivity contribution in [3.8, 4) is 0 Å². The first-order valence-electron chi connectivity index (χ1n) is 1.66. The summed E-state index contributed by atoms with van der Waals surface area (Å²) < 4.78 is 20.1. The lowest BCUT2D eigenvalue weighted by atomic mass is 10.8. The lowest BCUT2D eigenvalue weighted by Crippen LogP contribution is -2.21. The molecule has 44 valence electrons. The Morgan fingerprint density at radius 3 is 1.86 bits per heavy atom. The Hall–Kier alpha value is 0.260. The fourth-order valence-electron chi connectivity index (χ4n) is 0. The van der Waals surface area contributed by atoms with Gasteiger partial charge < -0.3 is 5.73 Å². The highest BCUT2D eigenvalue weighted by molar-refractivity contribution is 8.63. The molecule has 0 spiro atoms. The second-order valence-electron chi connectivity index (χ2n) is 1.22. The Morgan fingerprint density at radius 2 is 1.86 bits per heavy atom. The fourth-order valence-corrected chi connectivity index (χ4v) is 0. The summed E-state index contributed by atoms with van der Waals surface area (Å²) in [5.74, 6) is 0. The van der Waals surface area contributed by atoms with Crippen molar-refractivity contribution in [1.29, 1.82) is 0 Å². The molecule has 0 rings (SSSR count). The van der Waals surface area contributed by atoms with E-state index < -0.39 is 14.2 Å². The number of nitrogens with two attached hydrogens (primary N) is 1. The van der Waals surface area contributed by atoms with E-state index in [1.165, 1.54) is 6.92 Å². The van der Waals surface area contributed by atoms with Gasteiger partial charge in [0.15, 0.2) is 0 Å². The quantitative estimate of drug-likeness (QED) is 0.384. The number of rotatable bonds is 1. The Kier molecular flexibility index (Phi) is 2.09. The molecular weight excluding hydrogens is 134 g/mol. The summed E-state index contributed by atoms with van der Waals surface area (Å²) in [7, 11) is -3.27. The Morgan fingerprint density at radius 1 is 1.71 bits per heavy atom. The minimum atomic E-state index is -3.27. The molecule has 0 radical (unpaired) electrons. The molecule has 0 aromatic heterocycles. The summed E-state index contributed by atoms with van der Waals surface area (Å²) in [5.41, 5.74) is 4.91. The van der Waals surface area contributed by atoms with Crippen LogP contribution in [0.1, 0.15) is 6.92 Å². The first-order chi connectivity index (χ1) is 2.94. The highest BCUT2D eigenvalue weighted by Gasteiger charge is 2.07. The maximum absolute atomic E-state index is 10.1. The largest absolute Gasteiger partial charge is 0.315 e. The van der Waals surface area contributed by atoms with E-state index >= 15 is 0 Å². The second-order valence-corrected chi connectivity index (χ2v) is 4.52. The summed E-state index contributed by atoms with van der Waals surface area (Å²) in [4.78, 5) is 0. The first-order valence-corrected chi connectivity index (χ1v) is 4.26. The van der Waals surface area contributed by atoms with E-state index in [1.54, 1.807) is 0 Å². The van der Waals surface area contributed by atoms with Gasteiger partial charge >= 0.3 is 0 Å². The van der Waals surface area contributed by atoms with Crippen LogP contribution in [-0.4, -0.2) is 13.8 Å². The van der Waals surface area contributed by atoms with Gasteiger partial charge in [0.05, 0.1) is 0 Å². The minimum Gasteiger partial charge on any atom is -0.315 e. The first kappa shape index (κ1) is 7.26. The van der Waals surface area contributed by atoms with Crippen molar-refractivity contribution >= 4 is 20.5 Å². The molecule has 0 amide bonds. The fraction of sp³-hybridized carbons (Fsp3) is 1.00. The molecule has 0 saturated heterocycles. The van der Waals surface area contributed by atoms with Gasteiger partial charge in [-0.2, -0.15) is 0 Å². The summed E-state index contributed by atoms with van der Waals surface area (Å²) >= 11 is 3.20. The smallest absolute Gasteiger partial charge is 0.214 e. The zero-order valence-electron chi connectivity index (χ0n) is 3.83. The van der Waals surface area contributed by atoms with E-state index in [4.69, 9.17) is 5.73 Å². The van der Waals surface area contributed by atoms with Crippen LogP contribution in [0.15, 0.2) is 0 Å². The van der Waals surface area contributed by atoms with Crippen molar-refractivity contribution in [3.63, 3.8) is 0 Å². The average molecular weight is 141 g/mol. The standard InChI is InChI=1S/C2H7NO2S2/c1-2(3)7(4,5)6/h2H,3H2,1H3,(H,4,5,6). The molecule has 0 saturated carbocycles. The summed E-state index contributed by atoms with van der Waals surface area (Å²) in [6, 6.07) is 0. The number of thiol groups is 1. The molecule has 0 aliphatic heterocycles. The van der Waals surface area contributed by atoms with Crippen molar-refractivity contribution in [1.82, 2.24) is 0 Å². The molecule has 5 heteroatoms. The monoisotopic (exact) mass is 141 g/mol. The third-order valence-electron chi connectivity index (χ3n) is 0.470. The topological polar surface area (TPSA) is 60.2 Å². The zero-order valence-corrected chi connectivity index (χ0v) is 5.54. The maximum Gasteiger partial charge on any atom is 0.214 e. The van der Waals surface area contributed by atoms with Gasteiger partial charge in [-0.3, -0.25) is 0 Å². The molecule has 0 aromatic carbocycles. The SMILES string of the molecule is CC(N)S(=O)(=O)S. The lowest BCUT2D eigenvalue weighted by Gasteiger charge is -1.95. The molecule has 0 heterocycles. The Balaban J connectivity index is 4.10. The maximum atomic E-state index is 10.1.